The second kappa shape index (κ2) is 11.0. The average Bonchev–Trinajstić information content (AvgIpc) is 2.66. The number of carbonyl (C=O) groups excluding carboxylic acids is 1. The molecule has 2 atom stereocenters. The van der Waals surface area contributed by atoms with Crippen LogP contribution in [0.1, 0.15) is 58.1 Å². The van der Waals surface area contributed by atoms with Crippen LogP contribution in [0.25, 0.3) is 0 Å². The topological polar surface area (TPSA) is 55.8 Å². The Kier molecular flexibility index (Phi) is 8.71. The van der Waals surface area contributed by atoms with Crippen LogP contribution in [-0.4, -0.2) is 22.8 Å². The maximum Gasteiger partial charge on any atom is 0.308 e. The SMILES string of the molecule is CC(CCCc1ccc(OCc2ccccc2)cc1)C(O)CC(=O)OC(C)(C)C. The van der Waals surface area contributed by atoms with Crippen LogP contribution in [0.2, 0.25) is 0 Å². The number of esters is 1. The number of hydrogen-bond donors (Lipinski definition) is 1. The van der Waals surface area contributed by atoms with Crippen LogP contribution in [0.5, 0.6) is 5.75 Å². The first kappa shape index (κ1) is 23.0. The van der Waals surface area contributed by atoms with Gasteiger partial charge in [-0.2, -0.15) is 0 Å². The first-order chi connectivity index (χ1) is 13.7. The number of aryl methyl sites for hydroxylation is 1. The molecule has 1 N–H and O–H groups in total. The third kappa shape index (κ3) is 9.14. The van der Waals surface area contributed by atoms with Crippen molar-refractivity contribution in [1.29, 1.82) is 0 Å². The van der Waals surface area contributed by atoms with Crippen LogP contribution in [0.4, 0.5) is 0 Å². The van der Waals surface area contributed by atoms with E-state index < -0.39 is 11.7 Å². The number of ether oxygens (including phenoxy) is 2. The average molecular weight is 399 g/mol. The molecule has 0 aliphatic heterocycles. The fourth-order valence-electron chi connectivity index (χ4n) is 3.07. The number of aliphatic hydroxyl groups excluding tert-OH is 1. The van der Waals surface area contributed by atoms with Crippen LogP contribution < -0.4 is 4.74 Å². The molecule has 0 bridgehead atoms. The van der Waals surface area contributed by atoms with Gasteiger partial charge in [-0.3, -0.25) is 4.79 Å². The van der Waals surface area contributed by atoms with E-state index in [0.29, 0.717) is 6.61 Å². The zero-order valence-electron chi connectivity index (χ0n) is 18.1. The Balaban J connectivity index is 1.69. The summed E-state index contributed by atoms with van der Waals surface area (Å²) in [6.07, 6.45) is 2.13. The molecule has 0 aliphatic carbocycles. The van der Waals surface area contributed by atoms with Crippen molar-refractivity contribution in [2.45, 2.75) is 71.7 Å². The van der Waals surface area contributed by atoms with Crippen LogP contribution >= 0.6 is 0 Å². The molecule has 0 fully saturated rings. The molecule has 0 radical (unpaired) electrons. The summed E-state index contributed by atoms with van der Waals surface area (Å²) in [5.74, 6) is 0.567. The second-order valence-corrected chi connectivity index (χ2v) is 8.65. The van der Waals surface area contributed by atoms with Gasteiger partial charge in [0.2, 0.25) is 0 Å². The zero-order valence-corrected chi connectivity index (χ0v) is 18.1. The normalized spacial score (nSPS) is 13.6. The van der Waals surface area contributed by atoms with Crippen LogP contribution in [0.15, 0.2) is 54.6 Å². The Hall–Kier alpha value is -2.33. The van der Waals surface area contributed by atoms with Crippen molar-refractivity contribution in [2.24, 2.45) is 5.92 Å². The summed E-state index contributed by atoms with van der Waals surface area (Å²) in [5, 5.41) is 10.3. The Morgan fingerprint density at radius 2 is 1.66 bits per heavy atom. The molecular weight excluding hydrogens is 364 g/mol. The van der Waals surface area contributed by atoms with Gasteiger partial charge in [0.25, 0.3) is 0 Å². The van der Waals surface area contributed by atoms with Gasteiger partial charge in [0.05, 0.1) is 12.5 Å². The molecule has 0 spiro atoms. The molecule has 2 unspecified atom stereocenters. The fourth-order valence-corrected chi connectivity index (χ4v) is 3.07. The van der Waals surface area contributed by atoms with E-state index in [4.69, 9.17) is 9.47 Å². The molecule has 2 rings (SSSR count). The first-order valence-corrected chi connectivity index (χ1v) is 10.4. The monoisotopic (exact) mass is 398 g/mol. The second-order valence-electron chi connectivity index (χ2n) is 8.65. The van der Waals surface area contributed by atoms with Crippen molar-refractivity contribution in [3.8, 4) is 5.75 Å². The lowest BCUT2D eigenvalue weighted by Crippen LogP contribution is -2.28. The predicted octanol–water partition coefficient (Wildman–Crippen LogP) is 5.32. The van der Waals surface area contributed by atoms with Gasteiger partial charge in [0, 0.05) is 0 Å². The molecule has 4 nitrogen and oxygen atoms in total. The summed E-state index contributed by atoms with van der Waals surface area (Å²) in [7, 11) is 0. The minimum atomic E-state index is -0.668. The standard InChI is InChI=1S/C25H34O4/c1-19(23(26)17-24(27)29-25(2,3)4)9-8-12-20-13-15-22(16-14-20)28-18-21-10-6-5-7-11-21/h5-7,10-11,13-16,19,23,26H,8-9,12,17-18H2,1-4H3. The van der Waals surface area contributed by atoms with Gasteiger partial charge in [-0.25, -0.2) is 0 Å². The van der Waals surface area contributed by atoms with Gasteiger partial charge in [-0.15, -0.1) is 0 Å². The molecular formula is C25H34O4. The van der Waals surface area contributed by atoms with Crippen molar-refractivity contribution in [2.75, 3.05) is 0 Å². The van der Waals surface area contributed by atoms with Crippen molar-refractivity contribution < 1.29 is 19.4 Å². The van der Waals surface area contributed by atoms with E-state index in [1.54, 1.807) is 0 Å². The van der Waals surface area contributed by atoms with Gasteiger partial charge in [0.1, 0.15) is 18.0 Å². The molecule has 158 valence electrons. The quantitative estimate of drug-likeness (QED) is 0.551. The van der Waals surface area contributed by atoms with Gasteiger partial charge in [-0.1, -0.05) is 49.4 Å². The lowest BCUT2D eigenvalue weighted by atomic mass is 9.94. The van der Waals surface area contributed by atoms with E-state index in [0.717, 1.165) is 30.6 Å². The van der Waals surface area contributed by atoms with Crippen molar-refractivity contribution in [1.82, 2.24) is 0 Å². The molecule has 0 saturated carbocycles. The molecule has 4 heteroatoms. The molecule has 0 amide bonds. The zero-order chi connectivity index (χ0) is 21.3. The minimum Gasteiger partial charge on any atom is -0.489 e. The highest BCUT2D eigenvalue weighted by Crippen LogP contribution is 2.20. The van der Waals surface area contributed by atoms with Gasteiger partial charge in [0.15, 0.2) is 0 Å². The van der Waals surface area contributed by atoms with Gasteiger partial charge >= 0.3 is 5.97 Å². The van der Waals surface area contributed by atoms with E-state index in [2.05, 4.69) is 12.1 Å². The Morgan fingerprint density at radius 3 is 2.28 bits per heavy atom. The lowest BCUT2D eigenvalue weighted by Gasteiger charge is -2.23. The highest BCUT2D eigenvalue weighted by Gasteiger charge is 2.22. The molecule has 2 aromatic rings. The smallest absolute Gasteiger partial charge is 0.308 e. The van der Waals surface area contributed by atoms with Crippen molar-refractivity contribution >= 4 is 5.97 Å². The molecule has 0 saturated heterocycles. The highest BCUT2D eigenvalue weighted by molar-refractivity contribution is 5.70. The van der Waals surface area contributed by atoms with E-state index >= 15 is 0 Å². The number of aliphatic hydroxyl groups is 1. The van der Waals surface area contributed by atoms with E-state index in [9.17, 15) is 9.90 Å². The summed E-state index contributed by atoms with van der Waals surface area (Å²) in [4.78, 5) is 11.9. The summed E-state index contributed by atoms with van der Waals surface area (Å²) in [5.41, 5.74) is 1.87. The van der Waals surface area contributed by atoms with Crippen LogP contribution in [0.3, 0.4) is 0 Å². The van der Waals surface area contributed by atoms with Crippen molar-refractivity contribution in [3.63, 3.8) is 0 Å². The molecule has 2 aromatic carbocycles. The molecule has 29 heavy (non-hydrogen) atoms. The highest BCUT2D eigenvalue weighted by atomic mass is 16.6. The Labute approximate surface area is 174 Å². The summed E-state index contributed by atoms with van der Waals surface area (Å²) < 4.78 is 11.1. The first-order valence-electron chi connectivity index (χ1n) is 10.4. The Bertz CT molecular complexity index is 732. The summed E-state index contributed by atoms with van der Waals surface area (Å²) in [6.45, 7) is 8.04. The van der Waals surface area contributed by atoms with Crippen molar-refractivity contribution in [3.05, 3.63) is 65.7 Å². The molecule has 0 aliphatic rings. The Morgan fingerprint density at radius 1 is 1.00 bits per heavy atom. The predicted molar refractivity (Wildman–Crippen MR) is 116 cm³/mol. The van der Waals surface area contributed by atoms with Gasteiger partial charge in [-0.05, 0) is 69.2 Å². The fraction of sp³-hybridized carbons (Fsp3) is 0.480. The number of hydrogen-bond acceptors (Lipinski definition) is 4. The van der Waals surface area contributed by atoms with Crippen LogP contribution in [-0.2, 0) is 22.6 Å². The molecule has 0 aromatic heterocycles. The van der Waals surface area contributed by atoms with E-state index in [1.165, 1.54) is 5.56 Å². The largest absolute Gasteiger partial charge is 0.489 e. The lowest BCUT2D eigenvalue weighted by molar-refractivity contribution is -0.157. The third-order valence-electron chi connectivity index (χ3n) is 4.75. The maximum absolute atomic E-state index is 11.9. The third-order valence-corrected chi connectivity index (χ3v) is 4.75. The number of rotatable bonds is 10. The van der Waals surface area contributed by atoms with Gasteiger partial charge < -0.3 is 14.6 Å². The van der Waals surface area contributed by atoms with E-state index in [1.807, 2.05) is 70.2 Å². The maximum atomic E-state index is 11.9. The minimum absolute atomic E-state index is 0.0475. The van der Waals surface area contributed by atoms with Crippen LogP contribution in [0, 0.1) is 5.92 Å². The van der Waals surface area contributed by atoms with E-state index in [-0.39, 0.29) is 18.3 Å². The number of carbonyl (C=O) groups is 1. The summed E-state index contributed by atoms with van der Waals surface area (Å²) >= 11 is 0. The summed E-state index contributed by atoms with van der Waals surface area (Å²) in [6, 6.07) is 18.3. The molecule has 0 heterocycles. The number of benzene rings is 2.